The van der Waals surface area contributed by atoms with Gasteiger partial charge in [0.2, 0.25) is 0 Å². The van der Waals surface area contributed by atoms with Gasteiger partial charge in [-0.05, 0) is 0 Å². The number of nitrogens with one attached hydrogen (secondary N) is 2. The number of nitrogens with zero attached hydrogens (tertiary/aromatic N) is 2. The van der Waals surface area contributed by atoms with E-state index in [1.54, 1.807) is 14.1 Å². The van der Waals surface area contributed by atoms with E-state index in [0.717, 1.165) is 6.08 Å². The molecular weight excluding hydrogens is 208 g/mol. The van der Waals surface area contributed by atoms with Crippen LogP contribution in [0.25, 0.3) is 0 Å². The summed E-state index contributed by atoms with van der Waals surface area (Å²) in [4.78, 5) is 24.2. The maximum absolute atomic E-state index is 11.6. The molecule has 1 rings (SSSR count). The van der Waals surface area contributed by atoms with Gasteiger partial charge in [-0.1, -0.05) is 6.58 Å². The molecule has 2 N–H and O–H groups in total. The molecular formula is C10H12N4O2. The average molecular weight is 220 g/mol. The quantitative estimate of drug-likeness (QED) is 0.571. The van der Waals surface area contributed by atoms with Gasteiger partial charge < -0.3 is 10.2 Å². The molecule has 0 radical (unpaired) electrons. The number of carbonyl (C=O) groups excluding carboxylic acids is 2. The standard InChI is InChI=1S/C10H12N4O2/c1-4-5-8(15)12-9-7(6-11-13-9)10(16)14(2)3/h5-6H,1H2,2-3H3,(H2,11,12,13,15). The van der Waals surface area contributed by atoms with E-state index in [0.29, 0.717) is 5.56 Å². The Kier molecular flexibility index (Phi) is 3.63. The highest BCUT2D eigenvalue weighted by Gasteiger charge is 2.16. The predicted molar refractivity (Wildman–Crippen MR) is 58.9 cm³/mol. The van der Waals surface area contributed by atoms with E-state index >= 15 is 0 Å². The molecule has 0 saturated heterocycles. The molecule has 0 bridgehead atoms. The van der Waals surface area contributed by atoms with Crippen molar-refractivity contribution >= 4 is 17.6 Å². The molecule has 16 heavy (non-hydrogen) atoms. The Morgan fingerprint density at radius 2 is 2.31 bits per heavy atom. The molecule has 0 fully saturated rings. The van der Waals surface area contributed by atoms with Gasteiger partial charge in [-0.25, -0.2) is 0 Å². The molecule has 0 saturated carbocycles. The molecule has 0 spiro atoms. The molecule has 84 valence electrons. The second kappa shape index (κ2) is 4.95. The van der Waals surface area contributed by atoms with Crippen LogP contribution in [0.4, 0.5) is 5.82 Å². The highest BCUT2D eigenvalue weighted by molar-refractivity contribution is 6.05. The third kappa shape index (κ3) is 2.59. The van der Waals surface area contributed by atoms with E-state index in [1.165, 1.54) is 11.1 Å². The maximum Gasteiger partial charge on any atom is 0.258 e. The van der Waals surface area contributed by atoms with Crippen molar-refractivity contribution in [2.75, 3.05) is 19.4 Å². The summed E-state index contributed by atoms with van der Waals surface area (Å²) in [6.45, 7) is 3.27. The molecule has 2 amide bonds. The van der Waals surface area contributed by atoms with E-state index in [2.05, 4.69) is 27.8 Å². The largest absolute Gasteiger partial charge is 0.345 e. The highest BCUT2D eigenvalue weighted by Crippen LogP contribution is 2.12. The van der Waals surface area contributed by atoms with Gasteiger partial charge in [0, 0.05) is 20.2 Å². The second-order valence-electron chi connectivity index (χ2n) is 3.20. The van der Waals surface area contributed by atoms with Crippen LogP contribution in [0.2, 0.25) is 0 Å². The van der Waals surface area contributed by atoms with Crippen LogP contribution < -0.4 is 5.32 Å². The molecule has 1 aromatic rings. The number of rotatable bonds is 3. The van der Waals surface area contributed by atoms with Crippen molar-refractivity contribution in [1.29, 1.82) is 0 Å². The summed E-state index contributed by atoms with van der Waals surface area (Å²) in [6, 6.07) is 0. The molecule has 6 heteroatoms. The minimum atomic E-state index is -0.424. The van der Waals surface area contributed by atoms with Crippen molar-refractivity contribution in [2.24, 2.45) is 0 Å². The third-order valence-electron chi connectivity index (χ3n) is 1.76. The minimum absolute atomic E-state index is 0.244. The number of aromatic nitrogens is 2. The fourth-order valence-corrected chi connectivity index (χ4v) is 1.04. The van der Waals surface area contributed by atoms with Crippen LogP contribution in [0.5, 0.6) is 0 Å². The summed E-state index contributed by atoms with van der Waals surface area (Å²) in [5.74, 6) is -0.408. The first kappa shape index (κ1) is 11.7. The number of aromatic amines is 1. The van der Waals surface area contributed by atoms with Gasteiger partial charge >= 0.3 is 0 Å². The van der Waals surface area contributed by atoms with Crippen LogP contribution in [0, 0.1) is 0 Å². The van der Waals surface area contributed by atoms with Gasteiger partial charge in [0.15, 0.2) is 0 Å². The zero-order valence-electron chi connectivity index (χ0n) is 9.07. The van der Waals surface area contributed by atoms with Crippen LogP contribution in [0.15, 0.2) is 24.6 Å². The molecule has 6 nitrogen and oxygen atoms in total. The molecule has 1 heterocycles. The van der Waals surface area contributed by atoms with Gasteiger partial charge in [-0.15, -0.1) is 5.73 Å². The molecule has 0 aromatic carbocycles. The summed E-state index contributed by atoms with van der Waals surface area (Å²) < 4.78 is 0. The first-order valence-electron chi connectivity index (χ1n) is 4.48. The minimum Gasteiger partial charge on any atom is -0.345 e. The van der Waals surface area contributed by atoms with E-state index < -0.39 is 5.91 Å². The number of hydrogen-bond donors (Lipinski definition) is 2. The maximum atomic E-state index is 11.6. The Balaban J connectivity index is 2.90. The lowest BCUT2D eigenvalue weighted by atomic mass is 10.3. The Bertz CT molecular complexity index is 455. The topological polar surface area (TPSA) is 78.1 Å². The van der Waals surface area contributed by atoms with Crippen LogP contribution in [0.3, 0.4) is 0 Å². The summed E-state index contributed by atoms with van der Waals surface area (Å²) in [5.41, 5.74) is 2.64. The molecule has 0 aliphatic rings. The van der Waals surface area contributed by atoms with Crippen LogP contribution in [-0.2, 0) is 4.79 Å². The summed E-state index contributed by atoms with van der Waals surface area (Å²) in [6.07, 6.45) is 2.49. The first-order chi connectivity index (χ1) is 7.56. The molecule has 0 aliphatic heterocycles. The summed E-state index contributed by atoms with van der Waals surface area (Å²) in [5, 5.41) is 8.70. The normalized spacial score (nSPS) is 9.12. The van der Waals surface area contributed by atoms with Crippen LogP contribution in [0.1, 0.15) is 10.4 Å². The average Bonchev–Trinajstić information content (AvgIpc) is 2.64. The van der Waals surface area contributed by atoms with Crippen molar-refractivity contribution in [3.63, 3.8) is 0 Å². The Labute approximate surface area is 92.6 Å². The second-order valence-corrected chi connectivity index (χ2v) is 3.20. The third-order valence-corrected chi connectivity index (χ3v) is 1.76. The lowest BCUT2D eigenvalue weighted by molar-refractivity contribution is -0.111. The van der Waals surface area contributed by atoms with E-state index in [-0.39, 0.29) is 11.7 Å². The van der Waals surface area contributed by atoms with Crippen LogP contribution in [-0.4, -0.2) is 41.0 Å². The van der Waals surface area contributed by atoms with Gasteiger partial charge in [-0.3, -0.25) is 14.7 Å². The lowest BCUT2D eigenvalue weighted by Crippen LogP contribution is -2.23. The SMILES string of the molecule is C=C=CC(=O)Nc1[nH]ncc1C(=O)N(C)C. The van der Waals surface area contributed by atoms with E-state index in [1.807, 2.05) is 0 Å². The number of carbonyl (C=O) groups is 2. The van der Waals surface area contributed by atoms with Crippen LogP contribution >= 0.6 is 0 Å². The molecule has 0 unspecified atom stereocenters. The summed E-state index contributed by atoms with van der Waals surface area (Å²) in [7, 11) is 3.23. The Morgan fingerprint density at radius 3 is 2.88 bits per heavy atom. The van der Waals surface area contributed by atoms with Gasteiger partial charge in [0.05, 0.1) is 6.20 Å². The highest BCUT2D eigenvalue weighted by atomic mass is 16.2. The van der Waals surface area contributed by atoms with E-state index in [9.17, 15) is 9.59 Å². The van der Waals surface area contributed by atoms with Crippen molar-refractivity contribution in [3.05, 3.63) is 30.1 Å². The number of H-pyrrole nitrogens is 1. The fourth-order valence-electron chi connectivity index (χ4n) is 1.04. The zero-order chi connectivity index (χ0) is 12.1. The molecule has 0 aliphatic carbocycles. The van der Waals surface area contributed by atoms with Gasteiger partial charge in [0.25, 0.3) is 11.8 Å². The fraction of sp³-hybridized carbons (Fsp3) is 0.200. The first-order valence-corrected chi connectivity index (χ1v) is 4.48. The van der Waals surface area contributed by atoms with Crippen molar-refractivity contribution in [3.8, 4) is 0 Å². The number of anilines is 1. The lowest BCUT2D eigenvalue weighted by Gasteiger charge is -2.09. The van der Waals surface area contributed by atoms with Crippen molar-refractivity contribution in [2.45, 2.75) is 0 Å². The number of hydrogen-bond acceptors (Lipinski definition) is 3. The predicted octanol–water partition coefficient (Wildman–Crippen LogP) is 0.391. The monoisotopic (exact) mass is 220 g/mol. The number of amides is 2. The molecule has 1 aromatic heterocycles. The van der Waals surface area contributed by atoms with Gasteiger partial charge in [-0.2, -0.15) is 5.10 Å². The van der Waals surface area contributed by atoms with Crippen molar-refractivity contribution in [1.82, 2.24) is 15.1 Å². The van der Waals surface area contributed by atoms with E-state index in [4.69, 9.17) is 0 Å². The zero-order valence-corrected chi connectivity index (χ0v) is 9.07. The molecule has 0 atom stereocenters. The van der Waals surface area contributed by atoms with Crippen molar-refractivity contribution < 1.29 is 9.59 Å². The van der Waals surface area contributed by atoms with Gasteiger partial charge in [0.1, 0.15) is 11.4 Å². The Hall–Kier alpha value is -2.33. The smallest absolute Gasteiger partial charge is 0.258 e. The summed E-state index contributed by atoms with van der Waals surface area (Å²) >= 11 is 0. The Morgan fingerprint density at radius 1 is 1.62 bits per heavy atom.